The Labute approximate surface area is 267 Å². The second-order valence-corrected chi connectivity index (χ2v) is 12.6. The molecule has 0 bridgehead atoms. The molecule has 232 valence electrons. The van der Waals surface area contributed by atoms with Crippen LogP contribution in [0.3, 0.4) is 0 Å². The van der Waals surface area contributed by atoms with Gasteiger partial charge in [-0.3, -0.25) is 14.5 Å². The SMILES string of the molecule is CCCCCOc1cccc([C@@H]2C(=C(O)c3ccc4c(c3)OCCO4)C(=O)C(=O)N2c2nnc(SCc3ccccc3F)s2)c1. The molecule has 0 aliphatic carbocycles. The number of aromatic nitrogens is 2. The molecule has 1 fully saturated rings. The molecule has 0 spiro atoms. The van der Waals surface area contributed by atoms with Crippen molar-refractivity contribution in [2.45, 2.75) is 42.3 Å². The van der Waals surface area contributed by atoms with E-state index in [-0.39, 0.29) is 22.3 Å². The molecule has 0 unspecified atom stereocenters. The number of hydrogen-bond donors (Lipinski definition) is 1. The first kappa shape index (κ1) is 30.6. The number of hydrogen-bond acceptors (Lipinski definition) is 10. The molecule has 12 heteroatoms. The number of carbonyl (C=O) groups is 2. The third-order valence-corrected chi connectivity index (χ3v) is 9.47. The molecular formula is C33H30FN3O6S2. The third kappa shape index (κ3) is 6.52. The molecule has 1 aromatic heterocycles. The average molecular weight is 648 g/mol. The normalized spacial score (nSPS) is 17.1. The summed E-state index contributed by atoms with van der Waals surface area (Å²) in [7, 11) is 0. The number of Topliss-reactive ketones (excluding diaryl/α,β-unsaturated/α-hetero) is 1. The molecule has 6 rings (SSSR count). The molecule has 1 saturated heterocycles. The number of nitrogens with zero attached hydrogens (tertiary/aromatic N) is 3. The lowest BCUT2D eigenvalue weighted by Gasteiger charge is -2.23. The van der Waals surface area contributed by atoms with Crippen molar-refractivity contribution >= 4 is 45.7 Å². The van der Waals surface area contributed by atoms with Crippen molar-refractivity contribution in [1.29, 1.82) is 0 Å². The Kier molecular flexibility index (Phi) is 9.31. The first-order valence-electron chi connectivity index (χ1n) is 14.6. The van der Waals surface area contributed by atoms with E-state index in [2.05, 4.69) is 17.1 Å². The topological polar surface area (TPSA) is 111 Å². The van der Waals surface area contributed by atoms with Crippen LogP contribution in [0.4, 0.5) is 9.52 Å². The second kappa shape index (κ2) is 13.7. The lowest BCUT2D eigenvalue weighted by Crippen LogP contribution is -2.29. The standard InChI is InChI=1S/C33H30FN3O6S2/c1-2-3-6-14-41-23-10-7-9-20(17-23)28-27(29(38)21-12-13-25-26(18-21)43-16-15-42-25)30(39)31(40)37(28)32-35-36-33(45-32)44-19-22-8-4-5-11-24(22)34/h4-5,7-13,17-18,28,38H,2-3,6,14-16,19H2,1H3/t28-/m1/s1. The lowest BCUT2D eigenvalue weighted by molar-refractivity contribution is -0.132. The zero-order valence-electron chi connectivity index (χ0n) is 24.4. The van der Waals surface area contributed by atoms with Crippen molar-refractivity contribution < 1.29 is 33.3 Å². The van der Waals surface area contributed by atoms with Crippen LogP contribution in [0, 0.1) is 5.82 Å². The van der Waals surface area contributed by atoms with Crippen molar-refractivity contribution in [2.24, 2.45) is 0 Å². The van der Waals surface area contributed by atoms with Crippen LogP contribution in [0.2, 0.25) is 0 Å². The zero-order chi connectivity index (χ0) is 31.3. The van der Waals surface area contributed by atoms with E-state index in [0.717, 1.165) is 30.6 Å². The molecule has 0 saturated carbocycles. The number of ether oxygens (including phenoxy) is 3. The predicted octanol–water partition coefficient (Wildman–Crippen LogP) is 6.94. The van der Waals surface area contributed by atoms with Gasteiger partial charge in [0.05, 0.1) is 18.2 Å². The van der Waals surface area contributed by atoms with E-state index in [0.29, 0.717) is 63.9 Å². The van der Waals surface area contributed by atoms with E-state index in [4.69, 9.17) is 14.2 Å². The van der Waals surface area contributed by atoms with Crippen LogP contribution in [-0.4, -0.2) is 46.8 Å². The first-order valence-corrected chi connectivity index (χ1v) is 16.4. The number of halogens is 1. The summed E-state index contributed by atoms with van der Waals surface area (Å²) in [6, 6.07) is 17.4. The van der Waals surface area contributed by atoms with Gasteiger partial charge in [-0.25, -0.2) is 4.39 Å². The van der Waals surface area contributed by atoms with Crippen molar-refractivity contribution in [2.75, 3.05) is 24.7 Å². The summed E-state index contributed by atoms with van der Waals surface area (Å²) in [5.74, 6) is -0.553. The minimum absolute atomic E-state index is 0.101. The Morgan fingerprint density at radius 1 is 1.04 bits per heavy atom. The number of benzene rings is 3. The maximum Gasteiger partial charge on any atom is 0.301 e. The van der Waals surface area contributed by atoms with Gasteiger partial charge in [-0.2, -0.15) is 0 Å². The van der Waals surface area contributed by atoms with Crippen molar-refractivity contribution in [3.05, 3.63) is 94.8 Å². The van der Waals surface area contributed by atoms with Gasteiger partial charge in [0.1, 0.15) is 30.5 Å². The Morgan fingerprint density at radius 2 is 1.87 bits per heavy atom. The molecule has 3 aromatic carbocycles. The number of aliphatic hydroxyl groups is 1. The van der Waals surface area contributed by atoms with Gasteiger partial charge in [0.15, 0.2) is 15.8 Å². The van der Waals surface area contributed by atoms with Crippen LogP contribution in [0.5, 0.6) is 17.2 Å². The van der Waals surface area contributed by atoms with E-state index in [1.165, 1.54) is 22.7 Å². The molecule has 2 aliphatic rings. The fourth-order valence-electron chi connectivity index (χ4n) is 5.12. The maximum absolute atomic E-state index is 14.2. The number of unbranched alkanes of at least 4 members (excludes halogenated alkanes) is 2. The summed E-state index contributed by atoms with van der Waals surface area (Å²) < 4.78 is 31.9. The van der Waals surface area contributed by atoms with Gasteiger partial charge in [-0.05, 0) is 53.9 Å². The number of rotatable bonds is 11. The molecule has 1 amide bonds. The van der Waals surface area contributed by atoms with E-state index >= 15 is 0 Å². The van der Waals surface area contributed by atoms with Gasteiger partial charge >= 0.3 is 5.91 Å². The van der Waals surface area contributed by atoms with E-state index in [1.54, 1.807) is 54.6 Å². The molecule has 4 aromatic rings. The molecule has 9 nitrogen and oxygen atoms in total. The monoisotopic (exact) mass is 647 g/mol. The fraction of sp³-hybridized carbons (Fsp3) is 0.273. The van der Waals surface area contributed by atoms with Crippen LogP contribution in [0.25, 0.3) is 5.76 Å². The Balaban J connectivity index is 1.38. The number of thioether (sulfide) groups is 1. The highest BCUT2D eigenvalue weighted by atomic mass is 32.2. The van der Waals surface area contributed by atoms with Crippen LogP contribution in [-0.2, 0) is 15.3 Å². The highest BCUT2D eigenvalue weighted by Crippen LogP contribution is 2.45. The number of ketones is 1. The van der Waals surface area contributed by atoms with Crippen molar-refractivity contribution in [3.8, 4) is 17.2 Å². The second-order valence-electron chi connectivity index (χ2n) is 10.4. The van der Waals surface area contributed by atoms with Crippen molar-refractivity contribution in [3.63, 3.8) is 0 Å². The van der Waals surface area contributed by atoms with Crippen LogP contribution >= 0.6 is 23.1 Å². The van der Waals surface area contributed by atoms with Crippen LogP contribution in [0.15, 0.2) is 76.6 Å². The smallest absolute Gasteiger partial charge is 0.301 e. The molecule has 45 heavy (non-hydrogen) atoms. The van der Waals surface area contributed by atoms with E-state index in [1.807, 2.05) is 6.07 Å². The minimum atomic E-state index is -1.02. The summed E-state index contributed by atoms with van der Waals surface area (Å²) in [6.07, 6.45) is 2.98. The Hall–Kier alpha value is -4.42. The quantitative estimate of drug-likeness (QED) is 0.0462. The number of amides is 1. The third-order valence-electron chi connectivity index (χ3n) is 7.36. The van der Waals surface area contributed by atoms with Gasteiger partial charge in [-0.1, -0.05) is 73.2 Å². The summed E-state index contributed by atoms with van der Waals surface area (Å²) in [5, 5.41) is 20.2. The Morgan fingerprint density at radius 3 is 2.69 bits per heavy atom. The summed E-state index contributed by atoms with van der Waals surface area (Å²) in [4.78, 5) is 28.6. The van der Waals surface area contributed by atoms with Gasteiger partial charge in [0, 0.05) is 11.3 Å². The molecule has 3 heterocycles. The maximum atomic E-state index is 14.2. The first-order chi connectivity index (χ1) is 21.9. The number of carbonyl (C=O) groups excluding carboxylic acids is 2. The molecule has 0 radical (unpaired) electrons. The van der Waals surface area contributed by atoms with E-state index in [9.17, 15) is 19.1 Å². The average Bonchev–Trinajstić information content (AvgIpc) is 3.64. The van der Waals surface area contributed by atoms with Gasteiger partial charge < -0.3 is 19.3 Å². The fourth-order valence-corrected chi connectivity index (χ4v) is 6.97. The minimum Gasteiger partial charge on any atom is -0.507 e. The largest absolute Gasteiger partial charge is 0.507 e. The molecule has 2 aliphatic heterocycles. The van der Waals surface area contributed by atoms with Gasteiger partial charge in [0.25, 0.3) is 5.78 Å². The lowest BCUT2D eigenvalue weighted by atomic mass is 9.95. The summed E-state index contributed by atoms with van der Waals surface area (Å²) in [6.45, 7) is 3.39. The molecular weight excluding hydrogens is 618 g/mol. The summed E-state index contributed by atoms with van der Waals surface area (Å²) in [5.41, 5.74) is 1.26. The Bertz CT molecular complexity index is 1760. The van der Waals surface area contributed by atoms with Gasteiger partial charge in [-0.15, -0.1) is 10.2 Å². The highest BCUT2D eigenvalue weighted by Gasteiger charge is 2.48. The zero-order valence-corrected chi connectivity index (χ0v) is 26.0. The van der Waals surface area contributed by atoms with Crippen LogP contribution < -0.4 is 19.1 Å². The highest BCUT2D eigenvalue weighted by molar-refractivity contribution is 8.00. The number of aliphatic hydroxyl groups excluding tert-OH is 1. The molecule has 1 atom stereocenters. The number of anilines is 1. The summed E-state index contributed by atoms with van der Waals surface area (Å²) >= 11 is 2.38. The molecule has 1 N–H and O–H groups in total. The predicted molar refractivity (Wildman–Crippen MR) is 170 cm³/mol. The van der Waals surface area contributed by atoms with E-state index < -0.39 is 17.7 Å². The number of fused-ring (bicyclic) bond motifs is 1. The van der Waals surface area contributed by atoms with Gasteiger partial charge in [0.2, 0.25) is 5.13 Å². The van der Waals surface area contributed by atoms with Crippen molar-refractivity contribution in [1.82, 2.24) is 10.2 Å². The van der Waals surface area contributed by atoms with Crippen LogP contribution in [0.1, 0.15) is 48.9 Å².